The van der Waals surface area contributed by atoms with Crippen LogP contribution in [0.5, 0.6) is 23.0 Å². The molecule has 0 saturated heterocycles. The average Bonchev–Trinajstić information content (AvgIpc) is 2.91. The van der Waals surface area contributed by atoms with Gasteiger partial charge in [-0.25, -0.2) is 0 Å². The van der Waals surface area contributed by atoms with E-state index >= 15 is 0 Å². The van der Waals surface area contributed by atoms with E-state index in [9.17, 15) is 10.2 Å². The van der Waals surface area contributed by atoms with Crippen molar-refractivity contribution in [1.82, 2.24) is 0 Å². The Kier molecular flexibility index (Phi) is 3.84. The lowest BCUT2D eigenvalue weighted by Gasteiger charge is -2.34. The number of allylic oxidation sites excluding steroid dienone is 2. The van der Waals surface area contributed by atoms with Crippen LogP contribution >= 0.6 is 0 Å². The minimum absolute atomic E-state index is 0.0650. The van der Waals surface area contributed by atoms with Crippen LogP contribution in [0.2, 0.25) is 0 Å². The predicted octanol–water partition coefficient (Wildman–Crippen LogP) is 3.62. The maximum Gasteiger partial charge on any atom is 0.168 e. The summed E-state index contributed by atoms with van der Waals surface area (Å²) in [7, 11) is 1.63. The fourth-order valence-electron chi connectivity index (χ4n) is 3.60. The maximum atomic E-state index is 11.4. The summed E-state index contributed by atoms with van der Waals surface area (Å²) in [6.45, 7) is 4.16. The van der Waals surface area contributed by atoms with Crippen LogP contribution in [0.15, 0.2) is 42.0 Å². The van der Waals surface area contributed by atoms with E-state index in [-0.39, 0.29) is 12.4 Å². The van der Waals surface area contributed by atoms with Gasteiger partial charge in [0.15, 0.2) is 11.7 Å². The normalized spacial score (nSPS) is 22.4. The monoisotopic (exact) mass is 354 g/mol. The van der Waals surface area contributed by atoms with E-state index < -0.39 is 11.7 Å². The van der Waals surface area contributed by atoms with Crippen molar-refractivity contribution in [2.24, 2.45) is 0 Å². The van der Waals surface area contributed by atoms with Crippen molar-refractivity contribution in [3.8, 4) is 23.0 Å². The third-order valence-corrected chi connectivity index (χ3v) is 4.99. The molecule has 0 unspecified atom stereocenters. The van der Waals surface area contributed by atoms with Gasteiger partial charge in [0, 0.05) is 23.3 Å². The van der Waals surface area contributed by atoms with Crippen LogP contribution in [0.3, 0.4) is 0 Å². The van der Waals surface area contributed by atoms with Crippen LogP contribution in [0, 0.1) is 0 Å². The number of phenolic OH excluding ortho intramolecular Hbond substituents is 1. The highest BCUT2D eigenvalue weighted by molar-refractivity contribution is 5.56. The van der Waals surface area contributed by atoms with Crippen molar-refractivity contribution < 1.29 is 24.4 Å². The van der Waals surface area contributed by atoms with Crippen LogP contribution in [0.4, 0.5) is 0 Å². The number of aromatic hydroxyl groups is 1. The zero-order valence-corrected chi connectivity index (χ0v) is 15.1. The minimum Gasteiger partial charge on any atom is -0.508 e. The Labute approximate surface area is 152 Å². The molecule has 26 heavy (non-hydrogen) atoms. The number of methoxy groups -OCH3 is 1. The third kappa shape index (κ3) is 2.51. The lowest BCUT2D eigenvalue weighted by molar-refractivity contribution is -0.0864. The van der Waals surface area contributed by atoms with Gasteiger partial charge in [0.1, 0.15) is 29.6 Å². The zero-order chi connectivity index (χ0) is 18.5. The summed E-state index contributed by atoms with van der Waals surface area (Å²) in [4.78, 5) is 0. The highest BCUT2D eigenvalue weighted by Gasteiger charge is 2.53. The molecular formula is C21H22O5. The van der Waals surface area contributed by atoms with Crippen LogP contribution in [-0.2, 0) is 12.0 Å². The summed E-state index contributed by atoms with van der Waals surface area (Å²) in [5, 5.41) is 21.0. The molecule has 0 aliphatic carbocycles. The molecule has 2 atom stereocenters. The van der Waals surface area contributed by atoms with Crippen LogP contribution < -0.4 is 14.2 Å². The molecule has 0 aromatic heterocycles. The van der Waals surface area contributed by atoms with E-state index in [1.807, 2.05) is 26.0 Å². The number of hydrogen-bond acceptors (Lipinski definition) is 5. The molecule has 0 bridgehead atoms. The minimum atomic E-state index is -1.27. The Morgan fingerprint density at radius 1 is 1.27 bits per heavy atom. The molecule has 2 aromatic rings. The average molecular weight is 354 g/mol. The van der Waals surface area contributed by atoms with Crippen molar-refractivity contribution in [3.05, 3.63) is 58.7 Å². The fourth-order valence-corrected chi connectivity index (χ4v) is 3.60. The standard InChI is InChI=1S/C21H22O5/c1-12(2)4-5-13-8-16-19(10-17(13)24-3)26-20-15-7-6-14(22)9-18(15)25-11-21(16,20)23/h4,6-10,20,22-23H,5,11H2,1-3H3/t20-,21+/m0/s1. The second-order valence-electron chi connectivity index (χ2n) is 7.08. The van der Waals surface area contributed by atoms with Gasteiger partial charge in [-0.15, -0.1) is 0 Å². The highest BCUT2D eigenvalue weighted by atomic mass is 16.5. The lowest BCUT2D eigenvalue weighted by atomic mass is 9.84. The molecule has 0 spiro atoms. The summed E-state index contributed by atoms with van der Waals surface area (Å²) < 4.78 is 17.4. The molecular weight excluding hydrogens is 332 g/mol. The predicted molar refractivity (Wildman–Crippen MR) is 97.0 cm³/mol. The molecule has 2 heterocycles. The van der Waals surface area contributed by atoms with E-state index in [4.69, 9.17) is 14.2 Å². The molecule has 2 aliphatic rings. The summed E-state index contributed by atoms with van der Waals surface area (Å²) in [6, 6.07) is 8.62. The molecule has 0 fully saturated rings. The smallest absolute Gasteiger partial charge is 0.168 e. The van der Waals surface area contributed by atoms with Crippen LogP contribution in [0.1, 0.15) is 36.6 Å². The number of ether oxygens (including phenoxy) is 3. The molecule has 0 amide bonds. The Hall–Kier alpha value is -2.66. The molecule has 2 aliphatic heterocycles. The van der Waals surface area contributed by atoms with E-state index in [1.54, 1.807) is 25.3 Å². The van der Waals surface area contributed by atoms with E-state index in [0.29, 0.717) is 23.5 Å². The van der Waals surface area contributed by atoms with Gasteiger partial charge < -0.3 is 24.4 Å². The lowest BCUT2D eigenvalue weighted by Crippen LogP contribution is -2.41. The van der Waals surface area contributed by atoms with E-state index in [2.05, 4.69) is 6.08 Å². The molecule has 0 saturated carbocycles. The fraction of sp³-hybridized carbons (Fsp3) is 0.333. The summed E-state index contributed by atoms with van der Waals surface area (Å²) in [5.74, 6) is 1.98. The molecule has 2 N–H and O–H groups in total. The van der Waals surface area contributed by atoms with Crippen molar-refractivity contribution in [2.45, 2.75) is 32.0 Å². The summed E-state index contributed by atoms with van der Waals surface area (Å²) >= 11 is 0. The number of phenols is 1. The van der Waals surface area contributed by atoms with Crippen LogP contribution in [0.25, 0.3) is 0 Å². The molecule has 4 rings (SSSR count). The Bertz CT molecular complexity index is 898. The number of benzene rings is 2. The second kappa shape index (κ2) is 5.95. The highest BCUT2D eigenvalue weighted by Crippen LogP contribution is 2.55. The first-order chi connectivity index (χ1) is 12.4. The van der Waals surface area contributed by atoms with Crippen molar-refractivity contribution in [1.29, 1.82) is 0 Å². The number of aliphatic hydroxyl groups is 1. The van der Waals surface area contributed by atoms with Crippen molar-refractivity contribution in [2.75, 3.05) is 13.7 Å². The van der Waals surface area contributed by atoms with Gasteiger partial charge in [0.25, 0.3) is 0 Å². The van der Waals surface area contributed by atoms with Gasteiger partial charge in [-0.2, -0.15) is 0 Å². The van der Waals surface area contributed by atoms with Gasteiger partial charge in [0.2, 0.25) is 0 Å². The first-order valence-electron chi connectivity index (χ1n) is 8.62. The quantitative estimate of drug-likeness (QED) is 0.824. The van der Waals surface area contributed by atoms with Gasteiger partial charge in [0.05, 0.1) is 7.11 Å². The molecule has 5 heteroatoms. The zero-order valence-electron chi connectivity index (χ0n) is 15.1. The van der Waals surface area contributed by atoms with Gasteiger partial charge in [-0.05, 0) is 44.0 Å². The van der Waals surface area contributed by atoms with E-state index in [0.717, 1.165) is 16.9 Å². The molecule has 5 nitrogen and oxygen atoms in total. The number of rotatable bonds is 3. The Morgan fingerprint density at radius 2 is 2.08 bits per heavy atom. The SMILES string of the molecule is COc1cc2c(cc1CC=C(C)C)[C@]1(O)COc3cc(O)ccc3[C@@H]1O2. The summed E-state index contributed by atoms with van der Waals surface area (Å²) in [5.41, 5.74) is 2.36. The molecule has 136 valence electrons. The number of hydrogen-bond donors (Lipinski definition) is 2. The third-order valence-electron chi connectivity index (χ3n) is 4.99. The topological polar surface area (TPSA) is 68.2 Å². The second-order valence-corrected chi connectivity index (χ2v) is 7.08. The van der Waals surface area contributed by atoms with E-state index in [1.165, 1.54) is 5.57 Å². The van der Waals surface area contributed by atoms with Gasteiger partial charge in [-0.3, -0.25) is 0 Å². The largest absolute Gasteiger partial charge is 0.508 e. The number of fused-ring (bicyclic) bond motifs is 5. The van der Waals surface area contributed by atoms with Crippen LogP contribution in [-0.4, -0.2) is 23.9 Å². The summed E-state index contributed by atoms with van der Waals surface area (Å²) in [6.07, 6.45) is 2.26. The first-order valence-corrected chi connectivity index (χ1v) is 8.62. The first kappa shape index (κ1) is 16.8. The molecule has 2 aromatic carbocycles. The van der Waals surface area contributed by atoms with Crippen molar-refractivity contribution >= 4 is 0 Å². The van der Waals surface area contributed by atoms with Gasteiger partial charge in [-0.1, -0.05) is 11.6 Å². The molecule has 0 radical (unpaired) electrons. The Balaban J connectivity index is 1.80. The maximum absolute atomic E-state index is 11.4. The Morgan fingerprint density at radius 3 is 2.81 bits per heavy atom. The van der Waals surface area contributed by atoms with Gasteiger partial charge >= 0.3 is 0 Å². The van der Waals surface area contributed by atoms with Crippen molar-refractivity contribution in [3.63, 3.8) is 0 Å².